The molecule has 0 bridgehead atoms. The molecule has 1 aliphatic heterocycles. The number of hydrogen-bond donors (Lipinski definition) is 2. The van der Waals surface area contributed by atoms with Crippen LogP contribution in [0, 0.1) is 17.7 Å². The largest absolute Gasteiger partial charge is 0.349 e. The summed E-state index contributed by atoms with van der Waals surface area (Å²) in [4.78, 5) is 13.1. The van der Waals surface area contributed by atoms with E-state index in [1.165, 1.54) is 6.07 Å². The third kappa shape index (κ3) is 3.03. The van der Waals surface area contributed by atoms with E-state index in [2.05, 4.69) is 22.7 Å². The van der Waals surface area contributed by atoms with Crippen molar-refractivity contribution in [2.24, 2.45) is 18.9 Å². The normalized spacial score (nSPS) is 28.0. The minimum Gasteiger partial charge on any atom is -0.349 e. The molecule has 1 aliphatic carbocycles. The van der Waals surface area contributed by atoms with Crippen molar-refractivity contribution in [3.05, 3.63) is 53.1 Å². The van der Waals surface area contributed by atoms with Gasteiger partial charge >= 0.3 is 0 Å². The summed E-state index contributed by atoms with van der Waals surface area (Å²) in [7, 11) is 1.89. The molecular weight excluding hydrogens is 331 g/mol. The first-order valence-corrected chi connectivity index (χ1v) is 9.31. The summed E-state index contributed by atoms with van der Waals surface area (Å²) in [6.45, 7) is 3.56. The molecule has 2 unspecified atom stereocenters. The highest BCUT2D eigenvalue weighted by molar-refractivity contribution is 5.81. The third-order valence-electron chi connectivity index (χ3n) is 5.91. The van der Waals surface area contributed by atoms with E-state index in [9.17, 15) is 9.18 Å². The molecule has 1 saturated heterocycles. The van der Waals surface area contributed by atoms with Gasteiger partial charge in [0.25, 0.3) is 0 Å². The van der Waals surface area contributed by atoms with Gasteiger partial charge in [0.15, 0.2) is 0 Å². The Morgan fingerprint density at radius 1 is 1.38 bits per heavy atom. The number of halogens is 1. The van der Waals surface area contributed by atoms with Gasteiger partial charge in [-0.2, -0.15) is 5.10 Å². The molecule has 2 N–H and O–H groups in total. The molecule has 2 heterocycles. The first-order valence-electron chi connectivity index (χ1n) is 9.31. The summed E-state index contributed by atoms with van der Waals surface area (Å²) in [6, 6.07) is 5.07. The minimum absolute atomic E-state index is 0.0396. The van der Waals surface area contributed by atoms with Crippen LogP contribution in [0.2, 0.25) is 0 Å². The molecule has 2 aliphatic rings. The highest BCUT2D eigenvalue weighted by atomic mass is 19.1. The maximum atomic E-state index is 14.2. The summed E-state index contributed by atoms with van der Waals surface area (Å²) in [5.74, 6) is 0.154. The zero-order chi connectivity index (χ0) is 18.3. The van der Waals surface area contributed by atoms with Gasteiger partial charge in [-0.25, -0.2) is 4.39 Å². The number of carbonyl (C=O) groups excluding carboxylic acids is 1. The number of benzene rings is 1. The fraction of sp³-hybridized carbons (Fsp3) is 0.500. The summed E-state index contributed by atoms with van der Waals surface area (Å²) < 4.78 is 15.9. The fourth-order valence-electron chi connectivity index (χ4n) is 4.39. The highest BCUT2D eigenvalue weighted by Gasteiger charge is 2.37. The molecular formula is C20H25FN4O. The van der Waals surface area contributed by atoms with E-state index in [1.807, 2.05) is 25.5 Å². The summed E-state index contributed by atoms with van der Waals surface area (Å²) in [6.07, 6.45) is 5.43. The van der Waals surface area contributed by atoms with Crippen LogP contribution in [-0.2, 0) is 18.3 Å². The van der Waals surface area contributed by atoms with Crippen LogP contribution in [0.4, 0.5) is 4.39 Å². The van der Waals surface area contributed by atoms with Crippen molar-refractivity contribution in [2.75, 3.05) is 13.1 Å². The van der Waals surface area contributed by atoms with E-state index in [1.54, 1.807) is 10.7 Å². The van der Waals surface area contributed by atoms with Crippen LogP contribution < -0.4 is 10.6 Å². The van der Waals surface area contributed by atoms with Gasteiger partial charge in [0.2, 0.25) is 5.91 Å². The van der Waals surface area contributed by atoms with E-state index >= 15 is 0 Å². The molecule has 1 aromatic carbocycles. The van der Waals surface area contributed by atoms with Crippen molar-refractivity contribution >= 4 is 5.91 Å². The number of carbonyl (C=O) groups is 1. The molecule has 2 aromatic rings. The van der Waals surface area contributed by atoms with E-state index in [0.29, 0.717) is 12.5 Å². The molecule has 138 valence electrons. The Kier molecular flexibility index (Phi) is 4.53. The molecule has 1 aromatic heterocycles. The van der Waals surface area contributed by atoms with Crippen LogP contribution in [0.15, 0.2) is 30.6 Å². The van der Waals surface area contributed by atoms with Crippen LogP contribution in [0.5, 0.6) is 0 Å². The predicted molar refractivity (Wildman–Crippen MR) is 97.1 cm³/mol. The lowest BCUT2D eigenvalue weighted by atomic mass is 9.80. The van der Waals surface area contributed by atoms with Gasteiger partial charge in [-0.05, 0) is 41.5 Å². The zero-order valence-electron chi connectivity index (χ0n) is 15.2. The molecule has 4 rings (SSSR count). The second-order valence-corrected chi connectivity index (χ2v) is 7.63. The van der Waals surface area contributed by atoms with Gasteiger partial charge in [0.05, 0.1) is 18.2 Å². The van der Waals surface area contributed by atoms with Gasteiger partial charge < -0.3 is 10.6 Å². The molecule has 0 saturated carbocycles. The van der Waals surface area contributed by atoms with E-state index in [-0.39, 0.29) is 29.6 Å². The van der Waals surface area contributed by atoms with E-state index in [0.717, 1.165) is 36.1 Å². The average Bonchev–Trinajstić information content (AvgIpc) is 3.26. The first-order chi connectivity index (χ1) is 12.5. The Bertz CT molecular complexity index is 818. The lowest BCUT2D eigenvalue weighted by molar-refractivity contribution is -0.126. The van der Waals surface area contributed by atoms with Crippen LogP contribution in [-0.4, -0.2) is 28.8 Å². The Hall–Kier alpha value is -2.21. The zero-order valence-corrected chi connectivity index (χ0v) is 15.2. The summed E-state index contributed by atoms with van der Waals surface area (Å²) in [5.41, 5.74) is 2.77. The topological polar surface area (TPSA) is 59.0 Å². The van der Waals surface area contributed by atoms with Gasteiger partial charge in [-0.15, -0.1) is 0 Å². The quantitative estimate of drug-likeness (QED) is 0.887. The number of aryl methyl sites for hydroxylation is 1. The van der Waals surface area contributed by atoms with Gasteiger partial charge in [0, 0.05) is 32.3 Å². The van der Waals surface area contributed by atoms with Crippen molar-refractivity contribution in [2.45, 2.75) is 31.7 Å². The van der Waals surface area contributed by atoms with Crippen molar-refractivity contribution in [3.63, 3.8) is 0 Å². The standard InChI is InChI=1S/C20H25FN4O/c1-12-6-7-14-15(4-3-5-18(14)21)19(12)24-20(26)17-10-22-9-16(17)13-8-23-25(2)11-13/h3-5,8,11-12,16-17,19,22H,6-7,9-10H2,1-2H3,(H,24,26)/t12?,16-,17+,19?/m1/s1. The smallest absolute Gasteiger partial charge is 0.225 e. The van der Waals surface area contributed by atoms with E-state index in [4.69, 9.17) is 0 Å². The number of hydrogen-bond acceptors (Lipinski definition) is 3. The van der Waals surface area contributed by atoms with Gasteiger partial charge in [-0.1, -0.05) is 19.1 Å². The second-order valence-electron chi connectivity index (χ2n) is 7.63. The SMILES string of the molecule is CC1CCc2c(F)cccc2C1NC(=O)[C@H]1CNC[C@@H]1c1cnn(C)c1. The van der Waals surface area contributed by atoms with Gasteiger partial charge in [0.1, 0.15) is 5.82 Å². The molecule has 26 heavy (non-hydrogen) atoms. The molecule has 4 atom stereocenters. The molecule has 0 spiro atoms. The number of amides is 1. The Balaban J connectivity index is 1.55. The van der Waals surface area contributed by atoms with Crippen LogP contribution in [0.1, 0.15) is 42.0 Å². The van der Waals surface area contributed by atoms with Crippen molar-refractivity contribution in [1.29, 1.82) is 0 Å². The monoisotopic (exact) mass is 356 g/mol. The van der Waals surface area contributed by atoms with Crippen LogP contribution >= 0.6 is 0 Å². The number of nitrogens with one attached hydrogen (secondary N) is 2. The Morgan fingerprint density at radius 3 is 3.00 bits per heavy atom. The van der Waals surface area contributed by atoms with Gasteiger partial charge in [-0.3, -0.25) is 9.48 Å². The second kappa shape index (κ2) is 6.83. The van der Waals surface area contributed by atoms with E-state index < -0.39 is 0 Å². The number of rotatable bonds is 3. The third-order valence-corrected chi connectivity index (χ3v) is 5.91. The molecule has 1 fully saturated rings. The Morgan fingerprint density at radius 2 is 2.23 bits per heavy atom. The fourth-order valence-corrected chi connectivity index (χ4v) is 4.39. The summed E-state index contributed by atoms with van der Waals surface area (Å²) >= 11 is 0. The van der Waals surface area contributed by atoms with Crippen LogP contribution in [0.25, 0.3) is 0 Å². The maximum Gasteiger partial charge on any atom is 0.225 e. The number of nitrogens with zero attached hydrogens (tertiary/aromatic N) is 2. The van der Waals surface area contributed by atoms with Crippen molar-refractivity contribution in [1.82, 2.24) is 20.4 Å². The lowest BCUT2D eigenvalue weighted by Crippen LogP contribution is -2.41. The minimum atomic E-state index is -0.163. The molecule has 6 heteroatoms. The average molecular weight is 356 g/mol. The first kappa shape index (κ1) is 17.2. The number of fused-ring (bicyclic) bond motifs is 1. The molecule has 1 amide bonds. The predicted octanol–water partition coefficient (Wildman–Crippen LogP) is 2.30. The van der Waals surface area contributed by atoms with Crippen molar-refractivity contribution < 1.29 is 9.18 Å². The van der Waals surface area contributed by atoms with Crippen LogP contribution in [0.3, 0.4) is 0 Å². The molecule has 5 nitrogen and oxygen atoms in total. The number of aromatic nitrogens is 2. The Labute approximate surface area is 153 Å². The summed E-state index contributed by atoms with van der Waals surface area (Å²) in [5, 5.41) is 10.8. The maximum absolute atomic E-state index is 14.2. The molecule has 0 radical (unpaired) electrons. The highest BCUT2D eigenvalue weighted by Crippen LogP contribution is 2.36. The lowest BCUT2D eigenvalue weighted by Gasteiger charge is -2.33. The van der Waals surface area contributed by atoms with Crippen molar-refractivity contribution in [3.8, 4) is 0 Å².